The Morgan fingerprint density at radius 3 is 2.47 bits per heavy atom. The van der Waals surface area contributed by atoms with Crippen LogP contribution in [0.15, 0.2) is 12.2 Å². The fourth-order valence-electron chi connectivity index (χ4n) is 2.13. The molecule has 0 aromatic rings. The van der Waals surface area contributed by atoms with Crippen LogP contribution in [0.1, 0.15) is 39.0 Å². The van der Waals surface area contributed by atoms with Crippen molar-refractivity contribution in [1.82, 2.24) is 0 Å². The molecule has 0 radical (unpaired) electrons. The number of esters is 1. The maximum Gasteiger partial charge on any atom is 0.331 e. The highest BCUT2D eigenvalue weighted by Crippen LogP contribution is 2.30. The van der Waals surface area contributed by atoms with Crippen molar-refractivity contribution in [3.8, 4) is 0 Å². The molecule has 96 valence electrons. The molecule has 0 aromatic carbocycles. The fraction of sp³-hybridized carbons (Fsp3) is 0.692. The van der Waals surface area contributed by atoms with Gasteiger partial charge in [-0.15, -0.1) is 0 Å². The van der Waals surface area contributed by atoms with Crippen molar-refractivity contribution in [2.75, 3.05) is 6.61 Å². The summed E-state index contributed by atoms with van der Waals surface area (Å²) in [6, 6.07) is 0. The van der Waals surface area contributed by atoms with Gasteiger partial charge < -0.3 is 9.84 Å². The van der Waals surface area contributed by atoms with Crippen LogP contribution >= 0.6 is 0 Å². The second-order valence-corrected chi connectivity index (χ2v) is 4.75. The van der Waals surface area contributed by atoms with Gasteiger partial charge in [0.25, 0.3) is 0 Å². The molecule has 1 saturated carbocycles. The van der Waals surface area contributed by atoms with Crippen LogP contribution in [0.5, 0.6) is 0 Å². The minimum atomic E-state index is -1.14. The molecule has 0 saturated heterocycles. The van der Waals surface area contributed by atoms with Crippen LogP contribution < -0.4 is 0 Å². The zero-order valence-electron chi connectivity index (χ0n) is 10.2. The van der Waals surface area contributed by atoms with Gasteiger partial charge in [-0.3, -0.25) is 0 Å². The summed E-state index contributed by atoms with van der Waals surface area (Å²) >= 11 is 0. The van der Waals surface area contributed by atoms with E-state index in [-0.39, 0.29) is 0 Å². The van der Waals surface area contributed by atoms with Gasteiger partial charge in [0.1, 0.15) is 0 Å². The lowest BCUT2D eigenvalue weighted by atomic mass is 9.82. The van der Waals surface area contributed by atoms with Gasteiger partial charge in [-0.25, -0.2) is 9.59 Å². The van der Waals surface area contributed by atoms with Crippen LogP contribution in [0, 0.1) is 11.8 Å². The molecule has 4 heteroatoms. The lowest BCUT2D eigenvalue weighted by molar-refractivity contribution is -0.139. The van der Waals surface area contributed by atoms with Crippen LogP contribution in [-0.4, -0.2) is 23.7 Å². The topological polar surface area (TPSA) is 63.6 Å². The molecule has 1 aliphatic carbocycles. The molecule has 0 amide bonds. The van der Waals surface area contributed by atoms with E-state index in [0.717, 1.165) is 24.5 Å². The Labute approximate surface area is 102 Å². The summed E-state index contributed by atoms with van der Waals surface area (Å²) in [6.45, 7) is 2.66. The molecular formula is C13H20O4. The van der Waals surface area contributed by atoms with E-state index in [2.05, 4.69) is 6.92 Å². The normalized spacial score (nSPS) is 24.8. The van der Waals surface area contributed by atoms with Crippen molar-refractivity contribution in [3.63, 3.8) is 0 Å². The Morgan fingerprint density at radius 1 is 1.24 bits per heavy atom. The molecule has 1 fully saturated rings. The number of aliphatic carboxylic acids is 1. The van der Waals surface area contributed by atoms with Gasteiger partial charge in [-0.1, -0.05) is 32.6 Å². The maximum atomic E-state index is 11.1. The third-order valence-corrected chi connectivity index (χ3v) is 3.27. The molecule has 0 atom stereocenters. The smallest absolute Gasteiger partial charge is 0.331 e. The Kier molecular flexibility index (Phi) is 5.73. The number of ether oxygens (including phenoxy) is 1. The molecule has 1 rings (SSSR count). The zero-order valence-corrected chi connectivity index (χ0v) is 10.2. The van der Waals surface area contributed by atoms with Gasteiger partial charge >= 0.3 is 11.9 Å². The monoisotopic (exact) mass is 240 g/mol. The van der Waals surface area contributed by atoms with E-state index in [1.165, 1.54) is 25.7 Å². The van der Waals surface area contributed by atoms with Crippen LogP contribution in [-0.2, 0) is 14.3 Å². The first-order chi connectivity index (χ1) is 8.08. The van der Waals surface area contributed by atoms with Gasteiger partial charge in [0, 0.05) is 12.2 Å². The molecule has 0 unspecified atom stereocenters. The summed E-state index contributed by atoms with van der Waals surface area (Å²) in [5.74, 6) is -0.227. The largest absolute Gasteiger partial charge is 0.478 e. The number of carbonyl (C=O) groups excluding carboxylic acids is 1. The van der Waals surface area contributed by atoms with E-state index in [1.807, 2.05) is 0 Å². The third kappa shape index (κ3) is 6.09. The Morgan fingerprint density at radius 2 is 1.88 bits per heavy atom. The Hall–Kier alpha value is -1.32. The number of hydrogen-bond donors (Lipinski definition) is 1. The predicted octanol–water partition coefficient (Wildman–Crippen LogP) is 2.39. The van der Waals surface area contributed by atoms with Crippen molar-refractivity contribution >= 4 is 11.9 Å². The van der Waals surface area contributed by atoms with E-state index in [0.29, 0.717) is 12.5 Å². The summed E-state index contributed by atoms with van der Waals surface area (Å²) in [4.78, 5) is 21.2. The van der Waals surface area contributed by atoms with E-state index in [4.69, 9.17) is 9.84 Å². The van der Waals surface area contributed by atoms with Gasteiger partial charge in [-0.2, -0.15) is 0 Å². The van der Waals surface area contributed by atoms with E-state index < -0.39 is 11.9 Å². The second-order valence-electron chi connectivity index (χ2n) is 4.75. The maximum absolute atomic E-state index is 11.1. The van der Waals surface area contributed by atoms with Crippen molar-refractivity contribution in [2.24, 2.45) is 11.8 Å². The first-order valence-corrected chi connectivity index (χ1v) is 6.15. The zero-order chi connectivity index (χ0) is 12.7. The number of rotatable bonds is 5. The van der Waals surface area contributed by atoms with Crippen LogP contribution in [0.4, 0.5) is 0 Å². The first-order valence-electron chi connectivity index (χ1n) is 6.15. The molecule has 0 aromatic heterocycles. The second kappa shape index (κ2) is 7.09. The highest BCUT2D eigenvalue weighted by Gasteiger charge is 2.18. The van der Waals surface area contributed by atoms with Crippen molar-refractivity contribution < 1.29 is 19.4 Å². The summed E-state index contributed by atoms with van der Waals surface area (Å²) in [7, 11) is 0. The minimum Gasteiger partial charge on any atom is -0.478 e. The molecule has 0 spiro atoms. The molecule has 4 nitrogen and oxygen atoms in total. The average molecular weight is 240 g/mol. The lowest BCUT2D eigenvalue weighted by Crippen LogP contribution is -2.15. The lowest BCUT2D eigenvalue weighted by Gasteiger charge is -2.25. The van der Waals surface area contributed by atoms with Crippen LogP contribution in [0.25, 0.3) is 0 Å². The number of carbonyl (C=O) groups is 2. The fourth-order valence-corrected chi connectivity index (χ4v) is 2.13. The molecule has 0 aliphatic heterocycles. The van der Waals surface area contributed by atoms with Crippen molar-refractivity contribution in [1.29, 1.82) is 0 Å². The minimum absolute atomic E-state index is 0.391. The SMILES string of the molecule is CC1CCC(CCOC(=O)/C=C/C(=O)O)CC1. The summed E-state index contributed by atoms with van der Waals surface area (Å²) < 4.78 is 4.93. The van der Waals surface area contributed by atoms with Gasteiger partial charge in [0.2, 0.25) is 0 Å². The van der Waals surface area contributed by atoms with Gasteiger partial charge in [0.15, 0.2) is 0 Å². The van der Waals surface area contributed by atoms with Crippen LogP contribution in [0.2, 0.25) is 0 Å². The van der Waals surface area contributed by atoms with E-state index >= 15 is 0 Å². The highest BCUT2D eigenvalue weighted by atomic mass is 16.5. The third-order valence-electron chi connectivity index (χ3n) is 3.27. The summed E-state index contributed by atoms with van der Waals surface area (Å²) in [5.41, 5.74) is 0. The molecular weight excluding hydrogens is 220 g/mol. The number of hydrogen-bond acceptors (Lipinski definition) is 3. The quantitative estimate of drug-likeness (QED) is 0.592. The Bertz CT molecular complexity index is 288. The van der Waals surface area contributed by atoms with Gasteiger partial charge in [0.05, 0.1) is 6.61 Å². The summed E-state index contributed by atoms with van der Waals surface area (Å²) in [5, 5.41) is 8.32. The van der Waals surface area contributed by atoms with Crippen molar-refractivity contribution in [3.05, 3.63) is 12.2 Å². The van der Waals surface area contributed by atoms with E-state index in [1.54, 1.807) is 0 Å². The standard InChI is InChI=1S/C13H20O4/c1-10-2-4-11(5-3-10)8-9-17-13(16)7-6-12(14)15/h6-7,10-11H,2-5,8-9H2,1H3,(H,14,15)/b7-6+. The molecule has 0 bridgehead atoms. The van der Waals surface area contributed by atoms with Crippen LogP contribution in [0.3, 0.4) is 0 Å². The highest BCUT2D eigenvalue weighted by molar-refractivity contribution is 5.90. The number of carboxylic acid groups (broad SMARTS) is 1. The number of carboxylic acids is 1. The molecule has 1 aliphatic rings. The summed E-state index contributed by atoms with van der Waals surface area (Å²) in [6.07, 6.45) is 7.58. The molecule has 1 N–H and O–H groups in total. The molecule has 17 heavy (non-hydrogen) atoms. The molecule has 0 heterocycles. The Balaban J connectivity index is 2.11. The first kappa shape index (κ1) is 13.7. The van der Waals surface area contributed by atoms with E-state index in [9.17, 15) is 9.59 Å². The van der Waals surface area contributed by atoms with Crippen molar-refractivity contribution in [2.45, 2.75) is 39.0 Å². The predicted molar refractivity (Wildman–Crippen MR) is 63.5 cm³/mol. The average Bonchev–Trinajstić information content (AvgIpc) is 2.29. The van der Waals surface area contributed by atoms with Gasteiger partial charge in [-0.05, 0) is 18.3 Å².